The molecule has 0 radical (unpaired) electrons. The van der Waals surface area contributed by atoms with Crippen LogP contribution in [0.25, 0.3) is 0 Å². The molecule has 0 aromatic heterocycles. The van der Waals surface area contributed by atoms with Gasteiger partial charge < -0.3 is 15.7 Å². The summed E-state index contributed by atoms with van der Waals surface area (Å²) in [5.74, 6) is 0. The van der Waals surface area contributed by atoms with E-state index in [9.17, 15) is 23.1 Å². The highest BCUT2D eigenvalue weighted by Crippen LogP contribution is 2.29. The first-order chi connectivity index (χ1) is 11.6. The van der Waals surface area contributed by atoms with Crippen LogP contribution in [0.3, 0.4) is 0 Å². The molecule has 1 saturated heterocycles. The molecule has 1 aliphatic heterocycles. The zero-order chi connectivity index (χ0) is 18.7. The lowest BCUT2D eigenvalue weighted by Crippen LogP contribution is -2.54. The van der Waals surface area contributed by atoms with Crippen molar-refractivity contribution in [2.24, 2.45) is 0 Å². The van der Waals surface area contributed by atoms with Crippen LogP contribution in [0, 0.1) is 0 Å². The number of benzene rings is 1. The van der Waals surface area contributed by atoms with E-state index in [2.05, 4.69) is 22.5 Å². The number of hydrogen-bond donors (Lipinski definition) is 3. The second kappa shape index (κ2) is 7.61. The van der Waals surface area contributed by atoms with Crippen molar-refractivity contribution in [2.45, 2.75) is 44.1 Å². The van der Waals surface area contributed by atoms with E-state index in [-0.39, 0.29) is 12.1 Å². The molecular formula is C17H24F3N3O2. The average Bonchev–Trinajstić information content (AvgIpc) is 3.00. The highest BCUT2D eigenvalue weighted by Gasteiger charge is 2.50. The number of likely N-dealkylation sites (tertiary alicyclic amines) is 1. The number of hydrogen-bond acceptors (Lipinski definition) is 3. The molecule has 0 aliphatic carbocycles. The van der Waals surface area contributed by atoms with Crippen molar-refractivity contribution >= 4 is 6.03 Å². The van der Waals surface area contributed by atoms with Crippen LogP contribution >= 0.6 is 0 Å². The molecule has 0 saturated carbocycles. The number of carbonyl (C=O) groups is 1. The number of amides is 2. The van der Waals surface area contributed by atoms with Crippen LogP contribution in [-0.4, -0.2) is 53.5 Å². The molecule has 25 heavy (non-hydrogen) atoms. The Kier molecular flexibility index (Phi) is 5.95. The first-order valence-corrected chi connectivity index (χ1v) is 8.22. The summed E-state index contributed by atoms with van der Waals surface area (Å²) < 4.78 is 37.7. The summed E-state index contributed by atoms with van der Waals surface area (Å²) in [6.07, 6.45) is -4.07. The van der Waals surface area contributed by atoms with Gasteiger partial charge in [0.25, 0.3) is 0 Å². The molecular weight excluding hydrogens is 335 g/mol. The summed E-state index contributed by atoms with van der Waals surface area (Å²) in [5, 5.41) is 14.1. The molecule has 2 rings (SSSR count). The van der Waals surface area contributed by atoms with Gasteiger partial charge >= 0.3 is 12.2 Å². The highest BCUT2D eigenvalue weighted by molar-refractivity contribution is 5.74. The normalized spacial score (nSPS) is 22.2. The maximum absolute atomic E-state index is 12.6. The quantitative estimate of drug-likeness (QED) is 0.757. The van der Waals surface area contributed by atoms with E-state index in [1.54, 1.807) is 0 Å². The largest absolute Gasteiger partial charge is 0.418 e. The molecule has 5 nitrogen and oxygen atoms in total. The maximum atomic E-state index is 12.6. The maximum Gasteiger partial charge on any atom is 0.418 e. The van der Waals surface area contributed by atoms with Gasteiger partial charge in [0, 0.05) is 25.2 Å². The zero-order valence-corrected chi connectivity index (χ0v) is 14.3. The number of carbonyl (C=O) groups excluding carboxylic acids is 1. The van der Waals surface area contributed by atoms with Gasteiger partial charge in [0.05, 0.1) is 6.54 Å². The standard InChI is InChI=1S/C17H24F3N3O2/c1-12(13-6-4-3-5-7-13)23-9-8-14(10-23)22-15(24)21-11-16(2,25)17(18,19)20/h3-7,12,14,25H,8-11H2,1-2H3,(H2,21,22,24). The van der Waals surface area contributed by atoms with Crippen LogP contribution in [-0.2, 0) is 0 Å². The molecule has 1 fully saturated rings. The van der Waals surface area contributed by atoms with Crippen LogP contribution in [0.2, 0.25) is 0 Å². The summed E-state index contributed by atoms with van der Waals surface area (Å²) in [5.41, 5.74) is -1.78. The summed E-state index contributed by atoms with van der Waals surface area (Å²) in [4.78, 5) is 14.0. The second-order valence-electron chi connectivity index (χ2n) is 6.67. The Morgan fingerprint density at radius 1 is 1.36 bits per heavy atom. The Balaban J connectivity index is 1.80. The summed E-state index contributed by atoms with van der Waals surface area (Å²) in [6, 6.07) is 9.32. The minimum Gasteiger partial charge on any atom is -0.379 e. The third-order valence-corrected chi connectivity index (χ3v) is 4.59. The Morgan fingerprint density at radius 2 is 2.00 bits per heavy atom. The van der Waals surface area contributed by atoms with Crippen LogP contribution in [0.15, 0.2) is 30.3 Å². The molecule has 3 N–H and O–H groups in total. The van der Waals surface area contributed by atoms with Gasteiger partial charge in [-0.3, -0.25) is 4.90 Å². The minimum absolute atomic E-state index is 0.137. The van der Waals surface area contributed by atoms with Gasteiger partial charge in [0.2, 0.25) is 0 Å². The van der Waals surface area contributed by atoms with E-state index in [1.165, 1.54) is 5.56 Å². The SMILES string of the molecule is CC(c1ccccc1)N1CCC(NC(=O)NCC(C)(O)C(F)(F)F)C1. The van der Waals surface area contributed by atoms with E-state index in [0.717, 1.165) is 13.0 Å². The van der Waals surface area contributed by atoms with E-state index >= 15 is 0 Å². The fraction of sp³-hybridized carbons (Fsp3) is 0.588. The smallest absolute Gasteiger partial charge is 0.379 e. The molecule has 1 aromatic rings. The molecule has 0 bridgehead atoms. The van der Waals surface area contributed by atoms with Crippen molar-refractivity contribution in [3.63, 3.8) is 0 Å². The van der Waals surface area contributed by atoms with Gasteiger partial charge in [-0.15, -0.1) is 0 Å². The number of urea groups is 1. The fourth-order valence-corrected chi connectivity index (χ4v) is 2.79. The number of alkyl halides is 3. The number of aliphatic hydroxyl groups is 1. The topological polar surface area (TPSA) is 64.6 Å². The fourth-order valence-electron chi connectivity index (χ4n) is 2.79. The monoisotopic (exact) mass is 359 g/mol. The van der Waals surface area contributed by atoms with Crippen molar-refractivity contribution in [1.29, 1.82) is 0 Å². The van der Waals surface area contributed by atoms with Crippen LogP contribution in [0.1, 0.15) is 31.9 Å². The third kappa shape index (κ3) is 5.09. The number of rotatable bonds is 5. The van der Waals surface area contributed by atoms with Crippen molar-refractivity contribution < 1.29 is 23.1 Å². The molecule has 2 amide bonds. The van der Waals surface area contributed by atoms with Crippen LogP contribution in [0.4, 0.5) is 18.0 Å². The van der Waals surface area contributed by atoms with Gasteiger partial charge in [-0.2, -0.15) is 13.2 Å². The molecule has 1 heterocycles. The zero-order valence-electron chi connectivity index (χ0n) is 14.3. The Labute approximate surface area is 145 Å². The second-order valence-corrected chi connectivity index (χ2v) is 6.67. The third-order valence-electron chi connectivity index (χ3n) is 4.59. The van der Waals surface area contributed by atoms with Crippen molar-refractivity contribution in [2.75, 3.05) is 19.6 Å². The lowest BCUT2D eigenvalue weighted by atomic mass is 10.1. The molecule has 3 atom stereocenters. The number of halogens is 3. The first kappa shape index (κ1) is 19.5. The molecule has 8 heteroatoms. The Hall–Kier alpha value is -1.80. The van der Waals surface area contributed by atoms with Gasteiger partial charge in [0.1, 0.15) is 0 Å². The Bertz CT molecular complexity index is 578. The number of nitrogens with one attached hydrogen (secondary N) is 2. The van der Waals surface area contributed by atoms with Crippen molar-refractivity contribution in [1.82, 2.24) is 15.5 Å². The summed E-state index contributed by atoms with van der Waals surface area (Å²) in [7, 11) is 0. The lowest BCUT2D eigenvalue weighted by molar-refractivity contribution is -0.249. The van der Waals surface area contributed by atoms with E-state index in [0.29, 0.717) is 13.5 Å². The van der Waals surface area contributed by atoms with Gasteiger partial charge in [-0.1, -0.05) is 30.3 Å². The average molecular weight is 359 g/mol. The lowest BCUT2D eigenvalue weighted by Gasteiger charge is -2.27. The van der Waals surface area contributed by atoms with E-state index in [4.69, 9.17) is 0 Å². The van der Waals surface area contributed by atoms with Crippen molar-refractivity contribution in [3.05, 3.63) is 35.9 Å². The summed E-state index contributed by atoms with van der Waals surface area (Å²) in [6.45, 7) is 3.24. The molecule has 140 valence electrons. The van der Waals surface area contributed by atoms with E-state index < -0.39 is 24.4 Å². The van der Waals surface area contributed by atoms with Crippen molar-refractivity contribution in [3.8, 4) is 0 Å². The number of nitrogens with zero attached hydrogens (tertiary/aromatic N) is 1. The van der Waals surface area contributed by atoms with Crippen LogP contribution in [0.5, 0.6) is 0 Å². The van der Waals surface area contributed by atoms with Gasteiger partial charge in [-0.25, -0.2) is 4.79 Å². The molecule has 1 aliphatic rings. The summed E-state index contributed by atoms with van der Waals surface area (Å²) >= 11 is 0. The predicted molar refractivity (Wildman–Crippen MR) is 88.0 cm³/mol. The van der Waals surface area contributed by atoms with E-state index in [1.807, 2.05) is 30.3 Å². The predicted octanol–water partition coefficient (Wildman–Crippen LogP) is 2.43. The molecule has 0 spiro atoms. The molecule has 3 unspecified atom stereocenters. The highest BCUT2D eigenvalue weighted by atomic mass is 19.4. The van der Waals surface area contributed by atoms with Crippen LogP contribution < -0.4 is 10.6 Å². The van der Waals surface area contributed by atoms with Gasteiger partial charge in [0.15, 0.2) is 5.60 Å². The minimum atomic E-state index is -4.80. The van der Waals surface area contributed by atoms with Gasteiger partial charge in [-0.05, 0) is 25.8 Å². The first-order valence-electron chi connectivity index (χ1n) is 8.22. The molecule has 1 aromatic carbocycles. The Morgan fingerprint density at radius 3 is 2.60 bits per heavy atom.